The third kappa shape index (κ3) is 3.56. The number of carbonyl (C=O) groups is 1. The number of hydrogen-bond donors (Lipinski definition) is 2. The van der Waals surface area contributed by atoms with Crippen molar-refractivity contribution in [3.05, 3.63) is 43.0 Å². The third-order valence-corrected chi connectivity index (χ3v) is 5.50. The molecule has 0 aliphatic heterocycles. The van der Waals surface area contributed by atoms with Crippen molar-refractivity contribution in [3.8, 4) is 0 Å². The minimum absolute atomic E-state index is 0.0171. The van der Waals surface area contributed by atoms with Crippen LogP contribution in [0.25, 0.3) is 0 Å². The third-order valence-electron chi connectivity index (χ3n) is 4.45. The van der Waals surface area contributed by atoms with Crippen LogP contribution < -0.4 is 11.0 Å². The van der Waals surface area contributed by atoms with E-state index in [1.165, 1.54) is 4.88 Å². The normalized spacial score (nSPS) is 16.7. The van der Waals surface area contributed by atoms with E-state index in [0.29, 0.717) is 18.5 Å². The molecule has 0 radical (unpaired) electrons. The van der Waals surface area contributed by atoms with Gasteiger partial charge in [0, 0.05) is 22.7 Å². The lowest BCUT2D eigenvalue weighted by molar-refractivity contribution is -0.121. The zero-order valence-corrected chi connectivity index (χ0v) is 15.0. The average molecular weight is 346 g/mol. The molecule has 24 heavy (non-hydrogen) atoms. The average Bonchev–Trinajstić information content (AvgIpc) is 2.87. The van der Waals surface area contributed by atoms with Crippen molar-refractivity contribution in [3.63, 3.8) is 0 Å². The molecule has 2 heterocycles. The molecule has 1 atom stereocenters. The number of H-pyrrole nitrogens is 1. The maximum Gasteiger partial charge on any atom is 0.345 e. The number of aromatic amines is 1. The van der Waals surface area contributed by atoms with E-state index in [-0.39, 0.29) is 17.6 Å². The van der Waals surface area contributed by atoms with Crippen LogP contribution in [0.15, 0.2) is 4.79 Å². The fourth-order valence-electron chi connectivity index (χ4n) is 3.31. The Morgan fingerprint density at radius 2 is 2.12 bits per heavy atom. The van der Waals surface area contributed by atoms with E-state index in [1.807, 2.05) is 13.8 Å². The van der Waals surface area contributed by atoms with E-state index in [2.05, 4.69) is 20.3 Å². The summed E-state index contributed by atoms with van der Waals surface area (Å²) in [6.45, 7) is 5.66. The molecule has 0 spiro atoms. The minimum Gasteiger partial charge on any atom is -0.348 e. The van der Waals surface area contributed by atoms with Crippen LogP contribution in [0.2, 0.25) is 0 Å². The number of carbonyl (C=O) groups excluding carboxylic acids is 1. The van der Waals surface area contributed by atoms with Crippen LogP contribution in [-0.2, 0) is 17.6 Å². The number of thiazole rings is 1. The van der Waals surface area contributed by atoms with Gasteiger partial charge < -0.3 is 10.3 Å². The van der Waals surface area contributed by atoms with Gasteiger partial charge in [0.05, 0.1) is 16.7 Å². The molecule has 3 rings (SSSR count). The van der Waals surface area contributed by atoms with Crippen molar-refractivity contribution in [1.29, 1.82) is 0 Å². The molecule has 6 nitrogen and oxygen atoms in total. The number of amides is 1. The Kier molecular flexibility index (Phi) is 4.80. The molecule has 0 fully saturated rings. The smallest absolute Gasteiger partial charge is 0.345 e. The van der Waals surface area contributed by atoms with Gasteiger partial charge in [0.2, 0.25) is 5.91 Å². The van der Waals surface area contributed by atoms with E-state index in [9.17, 15) is 9.59 Å². The van der Waals surface area contributed by atoms with Crippen molar-refractivity contribution in [2.24, 2.45) is 0 Å². The number of fused-ring (bicyclic) bond motifs is 1. The van der Waals surface area contributed by atoms with Crippen LogP contribution in [0.1, 0.15) is 57.8 Å². The van der Waals surface area contributed by atoms with E-state index in [0.717, 1.165) is 41.2 Å². The van der Waals surface area contributed by atoms with Crippen molar-refractivity contribution >= 4 is 17.2 Å². The highest BCUT2D eigenvalue weighted by molar-refractivity contribution is 7.11. The van der Waals surface area contributed by atoms with Gasteiger partial charge in [0.25, 0.3) is 0 Å². The first-order valence-electron chi connectivity index (χ1n) is 8.26. The van der Waals surface area contributed by atoms with Gasteiger partial charge in [-0.25, -0.2) is 9.78 Å². The van der Waals surface area contributed by atoms with Gasteiger partial charge in [-0.15, -0.1) is 11.3 Å². The highest BCUT2D eigenvalue weighted by atomic mass is 32.1. The number of aromatic nitrogens is 3. The Morgan fingerprint density at radius 1 is 1.33 bits per heavy atom. The molecule has 2 aromatic rings. The Hall–Kier alpha value is -2.02. The molecular weight excluding hydrogens is 324 g/mol. The molecular formula is C17H22N4O2S. The Labute approximate surface area is 144 Å². The van der Waals surface area contributed by atoms with Gasteiger partial charge in [0.1, 0.15) is 0 Å². The molecule has 1 aliphatic rings. The maximum atomic E-state index is 12.4. The number of hydrogen-bond acceptors (Lipinski definition) is 5. The molecule has 0 aromatic carbocycles. The zero-order chi connectivity index (χ0) is 17.3. The Morgan fingerprint density at radius 3 is 2.88 bits per heavy atom. The fourth-order valence-corrected chi connectivity index (χ4v) is 4.35. The molecule has 2 N–H and O–H groups in total. The summed E-state index contributed by atoms with van der Waals surface area (Å²) in [7, 11) is 0. The first-order chi connectivity index (χ1) is 11.4. The SMILES string of the molecule is Cc1nc2c(s1)CCC[C@@H]2NC(=O)CCc1c(C)nc(=O)[nH]c1C. The van der Waals surface area contributed by atoms with Crippen LogP contribution in [0, 0.1) is 20.8 Å². The summed E-state index contributed by atoms with van der Waals surface area (Å²) in [4.78, 5) is 36.2. The van der Waals surface area contributed by atoms with Gasteiger partial charge in [-0.05, 0) is 52.0 Å². The summed E-state index contributed by atoms with van der Waals surface area (Å²) in [5, 5.41) is 4.18. The van der Waals surface area contributed by atoms with Crippen LogP contribution in [-0.4, -0.2) is 20.9 Å². The highest BCUT2D eigenvalue weighted by Crippen LogP contribution is 2.33. The first kappa shape index (κ1) is 16.8. The van der Waals surface area contributed by atoms with E-state index >= 15 is 0 Å². The highest BCUT2D eigenvalue weighted by Gasteiger charge is 2.25. The van der Waals surface area contributed by atoms with E-state index in [4.69, 9.17) is 0 Å². The van der Waals surface area contributed by atoms with Crippen molar-refractivity contribution in [2.45, 2.75) is 58.9 Å². The number of aryl methyl sites for hydroxylation is 4. The summed E-state index contributed by atoms with van der Waals surface area (Å²) < 4.78 is 0. The van der Waals surface area contributed by atoms with Crippen LogP contribution in [0.3, 0.4) is 0 Å². The van der Waals surface area contributed by atoms with Gasteiger partial charge in [-0.1, -0.05) is 0 Å². The second-order valence-electron chi connectivity index (χ2n) is 6.28. The molecule has 0 bridgehead atoms. The molecule has 0 unspecified atom stereocenters. The molecule has 128 valence electrons. The second-order valence-corrected chi connectivity index (χ2v) is 7.57. The summed E-state index contributed by atoms with van der Waals surface area (Å²) in [5.74, 6) is 0.0171. The summed E-state index contributed by atoms with van der Waals surface area (Å²) in [5.41, 5.74) is 3.13. The summed E-state index contributed by atoms with van der Waals surface area (Å²) >= 11 is 1.73. The lowest BCUT2D eigenvalue weighted by atomic mass is 9.97. The predicted molar refractivity (Wildman–Crippen MR) is 93.3 cm³/mol. The van der Waals surface area contributed by atoms with Gasteiger partial charge >= 0.3 is 5.69 Å². The van der Waals surface area contributed by atoms with Gasteiger partial charge in [-0.3, -0.25) is 4.79 Å². The molecule has 0 saturated carbocycles. The number of nitrogens with zero attached hydrogens (tertiary/aromatic N) is 2. The second kappa shape index (κ2) is 6.84. The van der Waals surface area contributed by atoms with E-state index in [1.54, 1.807) is 18.3 Å². The zero-order valence-electron chi connectivity index (χ0n) is 14.2. The number of nitrogens with one attached hydrogen (secondary N) is 2. The van der Waals surface area contributed by atoms with E-state index < -0.39 is 0 Å². The minimum atomic E-state index is -0.341. The van der Waals surface area contributed by atoms with Gasteiger partial charge in [0.15, 0.2) is 0 Å². The standard InChI is InChI=1S/C17H22N4O2S/c1-9-12(10(2)19-17(23)18-9)7-8-15(22)21-13-5-4-6-14-16(13)20-11(3)24-14/h13H,4-8H2,1-3H3,(H,21,22)(H,18,19,23)/t13-/m0/s1. The maximum absolute atomic E-state index is 12.4. The van der Waals surface area contributed by atoms with Gasteiger partial charge in [-0.2, -0.15) is 4.98 Å². The fraction of sp³-hybridized carbons (Fsp3) is 0.529. The van der Waals surface area contributed by atoms with Crippen molar-refractivity contribution in [2.75, 3.05) is 0 Å². The molecule has 7 heteroatoms. The molecule has 0 saturated heterocycles. The quantitative estimate of drug-likeness (QED) is 0.889. The Bertz CT molecular complexity index is 798. The monoisotopic (exact) mass is 346 g/mol. The summed E-state index contributed by atoms with van der Waals surface area (Å²) in [6, 6.07) is 0.0297. The van der Waals surface area contributed by atoms with Crippen LogP contribution in [0.5, 0.6) is 0 Å². The van der Waals surface area contributed by atoms with Crippen LogP contribution in [0.4, 0.5) is 0 Å². The topological polar surface area (TPSA) is 87.7 Å². The lowest BCUT2D eigenvalue weighted by Gasteiger charge is -2.22. The van der Waals surface area contributed by atoms with Crippen molar-refractivity contribution < 1.29 is 4.79 Å². The van der Waals surface area contributed by atoms with Crippen LogP contribution >= 0.6 is 11.3 Å². The molecule has 1 aliphatic carbocycles. The lowest BCUT2D eigenvalue weighted by Crippen LogP contribution is -2.31. The predicted octanol–water partition coefficient (Wildman–Crippen LogP) is 2.28. The number of rotatable bonds is 4. The molecule has 2 aromatic heterocycles. The largest absolute Gasteiger partial charge is 0.348 e. The van der Waals surface area contributed by atoms with Crippen molar-refractivity contribution in [1.82, 2.24) is 20.3 Å². The Balaban J connectivity index is 1.64. The summed E-state index contributed by atoms with van der Waals surface area (Å²) in [6.07, 6.45) is 4.05. The molecule has 1 amide bonds. The first-order valence-corrected chi connectivity index (χ1v) is 9.07.